The summed E-state index contributed by atoms with van der Waals surface area (Å²) in [4.78, 5) is 28.7. The van der Waals surface area contributed by atoms with Crippen LogP contribution < -0.4 is 4.74 Å². The van der Waals surface area contributed by atoms with Crippen LogP contribution in [0.5, 0.6) is 5.75 Å². The van der Waals surface area contributed by atoms with Crippen LogP contribution in [-0.2, 0) is 22.7 Å². The number of carbonyl (C=O) groups excluding carboxylic acids is 2. The number of carbonyl (C=O) groups is 2. The Kier molecular flexibility index (Phi) is 8.79. The minimum Gasteiger partial charge on any atom is -0.410 e. The van der Waals surface area contributed by atoms with Gasteiger partial charge < -0.3 is 24.4 Å². The van der Waals surface area contributed by atoms with Crippen LogP contribution >= 0.6 is 0 Å². The number of aliphatic hydroxyl groups excluding tert-OH is 1. The Bertz CT molecular complexity index is 906. The largest absolute Gasteiger partial charge is 0.415 e. The first-order chi connectivity index (χ1) is 15.9. The van der Waals surface area contributed by atoms with E-state index in [1.165, 1.54) is 4.90 Å². The van der Waals surface area contributed by atoms with Crippen LogP contribution in [0.1, 0.15) is 32.4 Å². The van der Waals surface area contributed by atoms with Crippen LogP contribution in [0, 0.1) is 5.92 Å². The van der Waals surface area contributed by atoms with Crippen LogP contribution in [0.25, 0.3) is 0 Å². The number of aliphatic hydroxyl groups is 1. The zero-order valence-corrected chi connectivity index (χ0v) is 19.5. The van der Waals surface area contributed by atoms with Crippen LogP contribution in [0.3, 0.4) is 0 Å². The number of benzene rings is 1. The Hall–Kier alpha value is -2.98. The van der Waals surface area contributed by atoms with Crippen LogP contribution in [-0.4, -0.2) is 80.8 Å². The first-order valence-electron chi connectivity index (χ1n) is 11.3. The van der Waals surface area contributed by atoms with Gasteiger partial charge in [0.25, 0.3) is 0 Å². The minimum absolute atomic E-state index is 0.0266. The molecular weight excluding hydrogens is 426 g/mol. The summed E-state index contributed by atoms with van der Waals surface area (Å²) in [5.74, 6) is 0.324. The SMILES string of the molecule is C[C@@H]1CN([C@@H](C)CO)C(=O)CCCn2nncc2CO[C@@H]1CN(C)C(=O)Oc1ccccc1. The van der Waals surface area contributed by atoms with E-state index in [1.807, 2.05) is 19.9 Å². The van der Waals surface area contributed by atoms with E-state index < -0.39 is 6.09 Å². The van der Waals surface area contributed by atoms with Crippen molar-refractivity contribution in [2.75, 3.05) is 26.7 Å². The number of hydrogen-bond donors (Lipinski definition) is 1. The molecule has 2 heterocycles. The summed E-state index contributed by atoms with van der Waals surface area (Å²) < 4.78 is 13.4. The molecule has 0 saturated heterocycles. The third-order valence-electron chi connectivity index (χ3n) is 5.85. The zero-order valence-electron chi connectivity index (χ0n) is 19.5. The van der Waals surface area contributed by atoms with Gasteiger partial charge in [-0.1, -0.05) is 30.3 Å². The number of fused-ring (bicyclic) bond motifs is 1. The summed E-state index contributed by atoms with van der Waals surface area (Å²) in [5.41, 5.74) is 0.815. The van der Waals surface area contributed by atoms with Crippen molar-refractivity contribution in [3.8, 4) is 5.75 Å². The van der Waals surface area contributed by atoms with E-state index in [0.717, 1.165) is 5.69 Å². The fourth-order valence-corrected chi connectivity index (χ4v) is 3.76. The van der Waals surface area contributed by atoms with Crippen molar-refractivity contribution in [3.05, 3.63) is 42.2 Å². The second-order valence-corrected chi connectivity index (χ2v) is 8.52. The number of rotatable bonds is 5. The third kappa shape index (κ3) is 6.75. The average molecular weight is 460 g/mol. The molecule has 1 aromatic heterocycles. The smallest absolute Gasteiger partial charge is 0.410 e. The molecule has 0 aliphatic carbocycles. The third-order valence-corrected chi connectivity index (χ3v) is 5.85. The molecule has 33 heavy (non-hydrogen) atoms. The van der Waals surface area contributed by atoms with Crippen molar-refractivity contribution >= 4 is 12.0 Å². The van der Waals surface area contributed by atoms with Crippen molar-refractivity contribution in [1.82, 2.24) is 24.8 Å². The van der Waals surface area contributed by atoms with E-state index in [2.05, 4.69) is 10.3 Å². The molecule has 1 aliphatic heterocycles. The quantitative estimate of drug-likeness (QED) is 0.727. The maximum Gasteiger partial charge on any atom is 0.415 e. The monoisotopic (exact) mass is 459 g/mol. The lowest BCUT2D eigenvalue weighted by molar-refractivity contribution is -0.136. The molecule has 0 radical (unpaired) electrons. The van der Waals surface area contributed by atoms with Crippen LogP contribution in [0.15, 0.2) is 36.5 Å². The lowest BCUT2D eigenvalue weighted by Crippen LogP contribution is -2.48. The molecule has 2 amide bonds. The van der Waals surface area contributed by atoms with E-state index in [9.17, 15) is 14.7 Å². The fourth-order valence-electron chi connectivity index (χ4n) is 3.76. The van der Waals surface area contributed by atoms with Crippen LogP contribution in [0.2, 0.25) is 0 Å². The maximum absolute atomic E-state index is 12.9. The topological polar surface area (TPSA) is 110 Å². The Morgan fingerprint density at radius 3 is 2.85 bits per heavy atom. The first kappa shape index (κ1) is 24.7. The predicted molar refractivity (Wildman–Crippen MR) is 120 cm³/mol. The Labute approximate surface area is 194 Å². The van der Waals surface area contributed by atoms with E-state index in [0.29, 0.717) is 31.7 Å². The summed E-state index contributed by atoms with van der Waals surface area (Å²) in [7, 11) is 1.66. The van der Waals surface area contributed by atoms with Gasteiger partial charge in [-0.3, -0.25) is 4.79 Å². The molecule has 1 N–H and O–H groups in total. The summed E-state index contributed by atoms with van der Waals surface area (Å²) in [5, 5.41) is 17.8. The number of para-hydroxylation sites is 1. The van der Waals surface area contributed by atoms with Crippen molar-refractivity contribution in [1.29, 1.82) is 0 Å². The van der Waals surface area contributed by atoms with E-state index in [1.54, 1.807) is 47.1 Å². The number of hydrogen-bond acceptors (Lipinski definition) is 7. The van der Waals surface area contributed by atoms with Crippen LogP contribution in [0.4, 0.5) is 4.79 Å². The number of nitrogens with zero attached hydrogens (tertiary/aromatic N) is 5. The predicted octanol–water partition coefficient (Wildman–Crippen LogP) is 1.93. The summed E-state index contributed by atoms with van der Waals surface area (Å²) in [6.45, 7) is 5.19. The molecule has 10 nitrogen and oxygen atoms in total. The molecule has 0 spiro atoms. The Morgan fingerprint density at radius 2 is 2.12 bits per heavy atom. The number of amides is 2. The number of aryl methyl sites for hydroxylation is 1. The van der Waals surface area contributed by atoms with Gasteiger partial charge in [0.15, 0.2) is 0 Å². The van der Waals surface area contributed by atoms with Gasteiger partial charge in [-0.05, 0) is 25.5 Å². The maximum atomic E-state index is 12.9. The molecule has 0 saturated carbocycles. The van der Waals surface area contributed by atoms with Crippen molar-refractivity contribution in [2.45, 2.75) is 52.0 Å². The second kappa shape index (κ2) is 11.8. The summed E-state index contributed by atoms with van der Waals surface area (Å²) >= 11 is 0. The normalized spacial score (nSPS) is 20.8. The molecule has 180 valence electrons. The second-order valence-electron chi connectivity index (χ2n) is 8.52. The van der Waals surface area contributed by atoms with Crippen molar-refractivity contribution in [3.63, 3.8) is 0 Å². The summed E-state index contributed by atoms with van der Waals surface area (Å²) in [6, 6.07) is 8.56. The molecular formula is C23H33N5O5. The van der Waals surface area contributed by atoms with Gasteiger partial charge in [0.05, 0.1) is 43.8 Å². The lowest BCUT2D eigenvalue weighted by atomic mass is 10.0. The Balaban J connectivity index is 1.76. The molecule has 1 aliphatic rings. The number of likely N-dealkylation sites (N-methyl/N-ethyl adjacent to an activating group) is 1. The molecule has 3 rings (SSSR count). The van der Waals surface area contributed by atoms with Crippen molar-refractivity contribution < 1.29 is 24.2 Å². The molecule has 2 aromatic rings. The van der Waals surface area contributed by atoms with E-state index in [-0.39, 0.29) is 43.7 Å². The van der Waals surface area contributed by atoms with Gasteiger partial charge in [-0.25, -0.2) is 9.48 Å². The van der Waals surface area contributed by atoms with Gasteiger partial charge in [0.2, 0.25) is 5.91 Å². The highest BCUT2D eigenvalue weighted by atomic mass is 16.6. The average Bonchev–Trinajstić information content (AvgIpc) is 3.26. The van der Waals surface area contributed by atoms with Gasteiger partial charge in [-0.15, -0.1) is 5.10 Å². The highest BCUT2D eigenvalue weighted by molar-refractivity contribution is 5.76. The van der Waals surface area contributed by atoms with Gasteiger partial charge >= 0.3 is 6.09 Å². The molecule has 10 heteroatoms. The number of ether oxygens (including phenoxy) is 2. The highest BCUT2D eigenvalue weighted by Crippen LogP contribution is 2.19. The van der Waals surface area contributed by atoms with Gasteiger partial charge in [0, 0.05) is 32.5 Å². The molecule has 1 aromatic carbocycles. The summed E-state index contributed by atoms with van der Waals surface area (Å²) in [6.07, 6.45) is 1.75. The lowest BCUT2D eigenvalue weighted by Gasteiger charge is -2.35. The molecule has 0 bridgehead atoms. The van der Waals surface area contributed by atoms with Gasteiger partial charge in [0.1, 0.15) is 5.75 Å². The highest BCUT2D eigenvalue weighted by Gasteiger charge is 2.29. The minimum atomic E-state index is -0.494. The standard InChI is InChI=1S/C23H33N5O5/c1-17-13-27(18(2)15-29)22(30)10-7-11-28-19(12-24-25-28)16-32-21(17)14-26(3)23(31)33-20-8-5-4-6-9-20/h4-6,8-9,12,17-18,21,29H,7,10-11,13-16H2,1-3H3/t17-,18+,21-/m1/s1. The van der Waals surface area contributed by atoms with E-state index in [4.69, 9.17) is 9.47 Å². The molecule has 0 unspecified atom stereocenters. The first-order valence-corrected chi connectivity index (χ1v) is 11.3. The molecule has 0 fully saturated rings. The van der Waals surface area contributed by atoms with Crippen molar-refractivity contribution in [2.24, 2.45) is 5.92 Å². The zero-order chi connectivity index (χ0) is 23.8. The Morgan fingerprint density at radius 1 is 1.36 bits per heavy atom. The molecule has 3 atom stereocenters. The van der Waals surface area contributed by atoms with E-state index >= 15 is 0 Å². The number of aromatic nitrogens is 3. The van der Waals surface area contributed by atoms with Gasteiger partial charge in [-0.2, -0.15) is 0 Å². The fraction of sp³-hybridized carbons (Fsp3) is 0.565.